The second kappa shape index (κ2) is 8.28. The predicted molar refractivity (Wildman–Crippen MR) is 101 cm³/mol. The van der Waals surface area contributed by atoms with E-state index < -0.39 is 10.8 Å². The Morgan fingerprint density at radius 3 is 2.67 bits per heavy atom. The number of para-hydroxylation sites is 2. The summed E-state index contributed by atoms with van der Waals surface area (Å²) >= 11 is 1.27. The van der Waals surface area contributed by atoms with E-state index in [4.69, 9.17) is 9.47 Å². The lowest BCUT2D eigenvalue weighted by Crippen LogP contribution is -2.20. The zero-order chi connectivity index (χ0) is 19.2. The van der Waals surface area contributed by atoms with E-state index in [0.717, 1.165) is 17.0 Å². The lowest BCUT2D eigenvalue weighted by atomic mass is 10.2. The number of nitro groups is 1. The van der Waals surface area contributed by atoms with Gasteiger partial charge in [-0.05, 0) is 30.3 Å². The van der Waals surface area contributed by atoms with E-state index in [-0.39, 0.29) is 18.0 Å². The van der Waals surface area contributed by atoms with Gasteiger partial charge < -0.3 is 9.47 Å². The molecule has 0 aliphatic rings. The van der Waals surface area contributed by atoms with Gasteiger partial charge in [0.2, 0.25) is 0 Å². The number of rotatable bonds is 7. The minimum Gasteiger partial charge on any atom is -0.497 e. The maximum Gasteiger partial charge on any atom is 0.310 e. The topological polar surface area (TPSA) is 104 Å². The van der Waals surface area contributed by atoms with E-state index in [1.807, 2.05) is 29.6 Å². The molecule has 3 rings (SSSR count). The molecule has 1 N–H and O–H groups in total. The minimum atomic E-state index is -0.560. The van der Waals surface area contributed by atoms with E-state index in [2.05, 4.69) is 10.3 Å². The highest BCUT2D eigenvalue weighted by molar-refractivity contribution is 7.14. The number of amides is 1. The van der Waals surface area contributed by atoms with Crippen molar-refractivity contribution in [3.05, 3.63) is 64.0 Å². The van der Waals surface area contributed by atoms with Gasteiger partial charge in [0.15, 0.2) is 17.5 Å². The first-order valence-electron chi connectivity index (χ1n) is 7.83. The van der Waals surface area contributed by atoms with E-state index in [1.165, 1.54) is 29.5 Å². The molecular weight excluding hydrogens is 370 g/mol. The third kappa shape index (κ3) is 4.59. The quantitative estimate of drug-likeness (QED) is 0.491. The van der Waals surface area contributed by atoms with Crippen LogP contribution >= 0.6 is 11.3 Å². The van der Waals surface area contributed by atoms with Crippen LogP contribution in [0.15, 0.2) is 53.9 Å². The number of nitrogens with zero attached hydrogens (tertiary/aromatic N) is 2. The number of thiazole rings is 1. The summed E-state index contributed by atoms with van der Waals surface area (Å²) in [5.41, 5.74) is 1.42. The third-order valence-corrected chi connectivity index (χ3v) is 4.31. The molecule has 1 heterocycles. The number of aromatic nitrogens is 1. The van der Waals surface area contributed by atoms with Crippen molar-refractivity contribution in [2.45, 2.75) is 0 Å². The molecule has 1 amide bonds. The molecule has 0 radical (unpaired) electrons. The molecule has 0 aliphatic carbocycles. The maximum absolute atomic E-state index is 12.0. The second-order valence-corrected chi connectivity index (χ2v) is 6.19. The second-order valence-electron chi connectivity index (χ2n) is 5.33. The van der Waals surface area contributed by atoms with Crippen molar-refractivity contribution in [3.8, 4) is 22.8 Å². The van der Waals surface area contributed by atoms with E-state index in [9.17, 15) is 14.9 Å². The molecule has 9 heteroatoms. The number of methoxy groups -OCH3 is 1. The monoisotopic (exact) mass is 385 g/mol. The van der Waals surface area contributed by atoms with Gasteiger partial charge in [0.25, 0.3) is 5.91 Å². The zero-order valence-corrected chi connectivity index (χ0v) is 15.1. The van der Waals surface area contributed by atoms with Crippen LogP contribution in [-0.4, -0.2) is 29.5 Å². The van der Waals surface area contributed by atoms with Gasteiger partial charge >= 0.3 is 5.69 Å². The number of carbonyl (C=O) groups excluding carboxylic acids is 1. The molecule has 0 saturated carbocycles. The number of anilines is 1. The molecule has 0 unspecified atom stereocenters. The first-order valence-corrected chi connectivity index (χ1v) is 8.71. The number of nitrogens with one attached hydrogen (secondary N) is 1. The highest BCUT2D eigenvalue weighted by Gasteiger charge is 2.15. The normalized spacial score (nSPS) is 10.3. The van der Waals surface area contributed by atoms with Crippen LogP contribution in [0.3, 0.4) is 0 Å². The van der Waals surface area contributed by atoms with E-state index >= 15 is 0 Å². The minimum absolute atomic E-state index is 0.0377. The summed E-state index contributed by atoms with van der Waals surface area (Å²) in [7, 11) is 1.59. The Labute approximate surface area is 158 Å². The molecule has 8 nitrogen and oxygen atoms in total. The summed E-state index contributed by atoms with van der Waals surface area (Å²) < 4.78 is 10.4. The molecule has 0 bridgehead atoms. The Balaban J connectivity index is 1.60. The number of hydrogen-bond donors (Lipinski definition) is 1. The highest BCUT2D eigenvalue weighted by atomic mass is 32.1. The van der Waals surface area contributed by atoms with Crippen LogP contribution in [0.5, 0.6) is 11.5 Å². The standard InChI is InChI=1S/C18H15N3O5S/c1-25-13-8-6-12(7-9-13)14-11-27-18(19-14)20-17(22)10-26-16-5-3-2-4-15(16)21(23)24/h2-9,11H,10H2,1H3,(H,19,20,22). The smallest absolute Gasteiger partial charge is 0.310 e. The largest absolute Gasteiger partial charge is 0.497 e. The third-order valence-electron chi connectivity index (χ3n) is 3.56. The van der Waals surface area contributed by atoms with E-state index in [1.54, 1.807) is 13.2 Å². The zero-order valence-electron chi connectivity index (χ0n) is 14.2. The Bertz CT molecular complexity index is 956. The molecule has 3 aromatic rings. The summed E-state index contributed by atoms with van der Waals surface area (Å²) in [4.78, 5) is 26.8. The van der Waals surface area contributed by atoms with Crippen LogP contribution in [0.25, 0.3) is 11.3 Å². The number of nitro benzene ring substituents is 1. The van der Waals surface area contributed by atoms with Gasteiger partial charge in [-0.15, -0.1) is 11.3 Å². The van der Waals surface area contributed by atoms with Crippen molar-refractivity contribution in [1.82, 2.24) is 4.98 Å². The first kappa shape index (κ1) is 18.3. The number of ether oxygens (including phenoxy) is 2. The van der Waals surface area contributed by atoms with Crippen LogP contribution in [0.2, 0.25) is 0 Å². The van der Waals surface area contributed by atoms with E-state index in [0.29, 0.717) is 5.13 Å². The van der Waals surface area contributed by atoms with Crippen molar-refractivity contribution < 1.29 is 19.2 Å². The van der Waals surface area contributed by atoms with Crippen LogP contribution in [0.4, 0.5) is 10.8 Å². The van der Waals surface area contributed by atoms with Gasteiger partial charge in [-0.2, -0.15) is 0 Å². The average molecular weight is 385 g/mol. The van der Waals surface area contributed by atoms with Gasteiger partial charge in [-0.3, -0.25) is 20.2 Å². The Morgan fingerprint density at radius 1 is 1.22 bits per heavy atom. The molecule has 2 aromatic carbocycles. The summed E-state index contributed by atoms with van der Waals surface area (Å²) in [6, 6.07) is 13.3. The lowest BCUT2D eigenvalue weighted by molar-refractivity contribution is -0.385. The summed E-state index contributed by atoms with van der Waals surface area (Å²) in [6.07, 6.45) is 0. The fraction of sp³-hybridized carbons (Fsp3) is 0.111. The van der Waals surface area contributed by atoms with Gasteiger partial charge in [0.05, 0.1) is 17.7 Å². The van der Waals surface area contributed by atoms with Gasteiger partial charge in [0.1, 0.15) is 5.75 Å². The van der Waals surface area contributed by atoms with Crippen LogP contribution in [-0.2, 0) is 4.79 Å². The lowest BCUT2D eigenvalue weighted by Gasteiger charge is -2.06. The summed E-state index contributed by atoms with van der Waals surface area (Å²) in [5.74, 6) is 0.328. The van der Waals surface area contributed by atoms with Crippen molar-refractivity contribution in [2.24, 2.45) is 0 Å². The van der Waals surface area contributed by atoms with Crippen molar-refractivity contribution in [2.75, 3.05) is 19.0 Å². The molecule has 0 fully saturated rings. The fourth-order valence-corrected chi connectivity index (χ4v) is 2.99. The average Bonchev–Trinajstić information content (AvgIpc) is 3.15. The molecular formula is C18H15N3O5S. The molecule has 0 atom stereocenters. The van der Waals surface area contributed by atoms with Crippen LogP contribution in [0.1, 0.15) is 0 Å². The Hall–Kier alpha value is -3.46. The Morgan fingerprint density at radius 2 is 1.96 bits per heavy atom. The Kier molecular flexibility index (Phi) is 5.62. The highest BCUT2D eigenvalue weighted by Crippen LogP contribution is 2.27. The molecule has 0 spiro atoms. The SMILES string of the molecule is COc1ccc(-c2csc(NC(=O)COc3ccccc3[N+](=O)[O-])n2)cc1. The van der Waals surface area contributed by atoms with Crippen molar-refractivity contribution >= 4 is 28.1 Å². The van der Waals surface area contributed by atoms with Crippen molar-refractivity contribution in [1.29, 1.82) is 0 Å². The summed E-state index contributed by atoms with van der Waals surface area (Å²) in [6.45, 7) is -0.359. The molecule has 0 saturated heterocycles. The fourth-order valence-electron chi connectivity index (χ4n) is 2.25. The van der Waals surface area contributed by atoms with Crippen LogP contribution in [0, 0.1) is 10.1 Å². The van der Waals surface area contributed by atoms with Crippen molar-refractivity contribution in [3.63, 3.8) is 0 Å². The molecule has 138 valence electrons. The first-order chi connectivity index (χ1) is 13.1. The molecule has 27 heavy (non-hydrogen) atoms. The van der Waals surface area contributed by atoms with Gasteiger partial charge in [0, 0.05) is 17.0 Å². The number of hydrogen-bond acceptors (Lipinski definition) is 7. The number of benzene rings is 2. The predicted octanol–water partition coefficient (Wildman–Crippen LogP) is 3.74. The number of carbonyl (C=O) groups is 1. The van der Waals surface area contributed by atoms with Gasteiger partial charge in [-0.1, -0.05) is 12.1 Å². The van der Waals surface area contributed by atoms with Gasteiger partial charge in [-0.25, -0.2) is 4.98 Å². The van der Waals surface area contributed by atoms with Crippen LogP contribution < -0.4 is 14.8 Å². The molecule has 1 aromatic heterocycles. The maximum atomic E-state index is 12.0. The summed E-state index contributed by atoms with van der Waals surface area (Å²) in [5, 5.41) is 15.8. The molecule has 0 aliphatic heterocycles.